The minimum absolute atomic E-state index is 0.0787. The van der Waals surface area contributed by atoms with E-state index in [0.29, 0.717) is 12.1 Å². The topological polar surface area (TPSA) is 54.5 Å². The van der Waals surface area contributed by atoms with Gasteiger partial charge in [0, 0.05) is 53.7 Å². The van der Waals surface area contributed by atoms with E-state index in [1.165, 1.54) is 4.88 Å². The Morgan fingerprint density at radius 1 is 1.15 bits per heavy atom. The molecule has 1 amide bonds. The average Bonchev–Trinajstić information content (AvgIpc) is 3.28. The number of hydrogen-bond acceptors (Lipinski definition) is 5. The minimum atomic E-state index is -0.0787. The molecule has 6 heteroatoms. The van der Waals surface area contributed by atoms with Crippen LogP contribution in [0.4, 0.5) is 5.69 Å². The van der Waals surface area contributed by atoms with Gasteiger partial charge in [-0.2, -0.15) is 0 Å². The quantitative estimate of drug-likeness (QED) is 0.736. The van der Waals surface area contributed by atoms with E-state index < -0.39 is 0 Å². The highest BCUT2D eigenvalue weighted by atomic mass is 32.1. The van der Waals surface area contributed by atoms with Crippen molar-refractivity contribution in [1.82, 2.24) is 10.3 Å². The van der Waals surface area contributed by atoms with Crippen molar-refractivity contribution in [2.75, 3.05) is 31.2 Å². The fourth-order valence-electron chi connectivity index (χ4n) is 3.09. The molecule has 27 heavy (non-hydrogen) atoms. The van der Waals surface area contributed by atoms with Gasteiger partial charge in [0.2, 0.25) is 0 Å². The summed E-state index contributed by atoms with van der Waals surface area (Å²) in [6, 6.07) is 13.9. The molecule has 0 atom stereocenters. The molecule has 2 aromatic heterocycles. The van der Waals surface area contributed by atoms with Gasteiger partial charge < -0.3 is 15.0 Å². The molecule has 1 aromatic carbocycles. The van der Waals surface area contributed by atoms with Gasteiger partial charge in [-0.15, -0.1) is 11.3 Å². The number of benzene rings is 1. The number of aromatic nitrogens is 1. The fraction of sp³-hybridized carbons (Fsp3) is 0.238. The lowest BCUT2D eigenvalue weighted by atomic mass is 10.1. The standard InChI is InChI=1S/C21H21N3O2S/c25-21(17-3-5-19(6-4-17)24-7-9-26-10-8-24)23-14-16-12-18(15-22-13-16)20-2-1-11-27-20/h1-6,11-13,15H,7-10,14H2,(H,23,25). The lowest BCUT2D eigenvalue weighted by Gasteiger charge is -2.28. The van der Waals surface area contributed by atoms with Gasteiger partial charge in [-0.25, -0.2) is 0 Å². The molecule has 138 valence electrons. The Bertz CT molecular complexity index is 888. The third kappa shape index (κ3) is 4.35. The van der Waals surface area contributed by atoms with E-state index in [0.717, 1.165) is 43.1 Å². The van der Waals surface area contributed by atoms with Crippen LogP contribution in [0, 0.1) is 0 Å². The summed E-state index contributed by atoms with van der Waals surface area (Å²) >= 11 is 1.68. The number of hydrogen-bond donors (Lipinski definition) is 1. The Morgan fingerprint density at radius 2 is 1.96 bits per heavy atom. The summed E-state index contributed by atoms with van der Waals surface area (Å²) in [6.45, 7) is 3.73. The average molecular weight is 379 g/mol. The van der Waals surface area contributed by atoms with E-state index >= 15 is 0 Å². The van der Waals surface area contributed by atoms with Crippen molar-refractivity contribution in [3.8, 4) is 10.4 Å². The Kier molecular flexibility index (Phi) is 5.46. The second-order valence-electron chi connectivity index (χ2n) is 6.39. The summed E-state index contributed by atoms with van der Waals surface area (Å²) in [5.74, 6) is -0.0787. The molecule has 0 spiro atoms. The van der Waals surface area contributed by atoms with E-state index in [4.69, 9.17) is 4.74 Å². The predicted molar refractivity (Wildman–Crippen MR) is 108 cm³/mol. The molecule has 0 bridgehead atoms. The lowest BCUT2D eigenvalue weighted by molar-refractivity contribution is 0.0951. The third-order valence-corrected chi connectivity index (χ3v) is 5.48. The maximum absolute atomic E-state index is 12.5. The number of rotatable bonds is 5. The van der Waals surface area contributed by atoms with Gasteiger partial charge in [0.1, 0.15) is 0 Å². The SMILES string of the molecule is O=C(NCc1cncc(-c2cccs2)c1)c1ccc(N2CCOCC2)cc1. The van der Waals surface area contributed by atoms with Crippen molar-refractivity contribution in [3.05, 3.63) is 71.4 Å². The second kappa shape index (κ2) is 8.33. The molecule has 4 rings (SSSR count). The summed E-state index contributed by atoms with van der Waals surface area (Å²) < 4.78 is 5.38. The number of thiophene rings is 1. The number of morpholine rings is 1. The maximum atomic E-state index is 12.5. The highest BCUT2D eigenvalue weighted by Crippen LogP contribution is 2.24. The van der Waals surface area contributed by atoms with Crippen LogP contribution in [0.3, 0.4) is 0 Å². The first-order valence-electron chi connectivity index (χ1n) is 8.98. The molecule has 3 heterocycles. The maximum Gasteiger partial charge on any atom is 0.251 e. The van der Waals surface area contributed by atoms with Crippen molar-refractivity contribution in [2.45, 2.75) is 6.54 Å². The Hall–Kier alpha value is -2.70. The minimum Gasteiger partial charge on any atom is -0.378 e. The van der Waals surface area contributed by atoms with E-state index in [-0.39, 0.29) is 5.91 Å². The summed E-state index contributed by atoms with van der Waals surface area (Å²) in [7, 11) is 0. The van der Waals surface area contributed by atoms with Crippen LogP contribution in [-0.2, 0) is 11.3 Å². The lowest BCUT2D eigenvalue weighted by Crippen LogP contribution is -2.36. The molecule has 1 aliphatic heterocycles. The molecule has 0 radical (unpaired) electrons. The Balaban J connectivity index is 1.37. The number of anilines is 1. The molecule has 1 N–H and O–H groups in total. The summed E-state index contributed by atoms with van der Waals surface area (Å²) in [6.07, 6.45) is 3.64. The van der Waals surface area contributed by atoms with Crippen molar-refractivity contribution >= 4 is 22.9 Å². The predicted octanol–water partition coefficient (Wildman–Crippen LogP) is 3.58. The smallest absolute Gasteiger partial charge is 0.251 e. The van der Waals surface area contributed by atoms with Gasteiger partial charge in [0.05, 0.1) is 13.2 Å². The van der Waals surface area contributed by atoms with Crippen LogP contribution in [0.15, 0.2) is 60.2 Å². The summed E-state index contributed by atoms with van der Waals surface area (Å²) in [4.78, 5) is 20.2. The van der Waals surface area contributed by atoms with Gasteiger partial charge >= 0.3 is 0 Å². The zero-order chi connectivity index (χ0) is 18.5. The first-order valence-corrected chi connectivity index (χ1v) is 9.86. The molecule has 0 saturated carbocycles. The third-order valence-electron chi connectivity index (χ3n) is 4.56. The van der Waals surface area contributed by atoms with Crippen molar-refractivity contribution < 1.29 is 9.53 Å². The van der Waals surface area contributed by atoms with Crippen LogP contribution in [0.1, 0.15) is 15.9 Å². The summed E-state index contributed by atoms with van der Waals surface area (Å²) in [5.41, 5.74) is 3.85. The van der Waals surface area contributed by atoms with Gasteiger partial charge in [-0.1, -0.05) is 6.07 Å². The zero-order valence-corrected chi connectivity index (χ0v) is 15.7. The van der Waals surface area contributed by atoms with Crippen LogP contribution in [0.2, 0.25) is 0 Å². The van der Waals surface area contributed by atoms with Gasteiger partial charge in [0.25, 0.3) is 5.91 Å². The Labute approximate surface area is 162 Å². The molecule has 1 saturated heterocycles. The molecule has 1 aliphatic rings. The molecule has 0 aliphatic carbocycles. The molecule has 0 unspecified atom stereocenters. The molecule has 5 nitrogen and oxygen atoms in total. The van der Waals surface area contributed by atoms with Crippen molar-refractivity contribution in [3.63, 3.8) is 0 Å². The van der Waals surface area contributed by atoms with Crippen LogP contribution in [0.25, 0.3) is 10.4 Å². The number of carbonyl (C=O) groups excluding carboxylic acids is 1. The number of carbonyl (C=O) groups is 1. The van der Waals surface area contributed by atoms with Crippen LogP contribution in [0.5, 0.6) is 0 Å². The van der Waals surface area contributed by atoms with Gasteiger partial charge in [-0.3, -0.25) is 9.78 Å². The van der Waals surface area contributed by atoms with Crippen LogP contribution >= 0.6 is 11.3 Å². The fourth-order valence-corrected chi connectivity index (χ4v) is 3.80. The van der Waals surface area contributed by atoms with Gasteiger partial charge in [-0.05, 0) is 47.3 Å². The molecule has 1 fully saturated rings. The van der Waals surface area contributed by atoms with E-state index in [1.54, 1.807) is 17.5 Å². The highest BCUT2D eigenvalue weighted by Gasteiger charge is 2.12. The Morgan fingerprint density at radius 3 is 2.70 bits per heavy atom. The van der Waals surface area contributed by atoms with Gasteiger partial charge in [0.15, 0.2) is 0 Å². The number of ether oxygens (including phenoxy) is 1. The highest BCUT2D eigenvalue weighted by molar-refractivity contribution is 7.13. The number of nitrogens with zero attached hydrogens (tertiary/aromatic N) is 2. The van der Waals surface area contributed by atoms with E-state index in [1.807, 2.05) is 41.9 Å². The normalized spacial score (nSPS) is 14.1. The van der Waals surface area contributed by atoms with Crippen LogP contribution < -0.4 is 10.2 Å². The van der Waals surface area contributed by atoms with Crippen LogP contribution in [-0.4, -0.2) is 37.2 Å². The van der Waals surface area contributed by atoms with Crippen molar-refractivity contribution in [1.29, 1.82) is 0 Å². The monoisotopic (exact) mass is 379 g/mol. The zero-order valence-electron chi connectivity index (χ0n) is 14.9. The second-order valence-corrected chi connectivity index (χ2v) is 7.34. The molecular weight excluding hydrogens is 358 g/mol. The number of pyridine rings is 1. The molecular formula is C21H21N3O2S. The van der Waals surface area contributed by atoms with E-state index in [2.05, 4.69) is 27.3 Å². The number of nitrogens with one attached hydrogen (secondary N) is 1. The summed E-state index contributed by atoms with van der Waals surface area (Å²) in [5, 5.41) is 5.02. The first-order chi connectivity index (χ1) is 13.3. The molecule has 3 aromatic rings. The first kappa shape index (κ1) is 17.7. The number of amides is 1. The van der Waals surface area contributed by atoms with Crippen molar-refractivity contribution in [2.24, 2.45) is 0 Å². The van der Waals surface area contributed by atoms with E-state index in [9.17, 15) is 4.79 Å². The largest absolute Gasteiger partial charge is 0.378 e.